The summed E-state index contributed by atoms with van der Waals surface area (Å²) in [6.07, 6.45) is 4.02. The van der Waals surface area contributed by atoms with Crippen LogP contribution in [0, 0.1) is 5.82 Å². The van der Waals surface area contributed by atoms with E-state index in [1.807, 2.05) is 17.9 Å². The van der Waals surface area contributed by atoms with Gasteiger partial charge in [0.15, 0.2) is 5.82 Å². The molecule has 1 saturated heterocycles. The van der Waals surface area contributed by atoms with Crippen LogP contribution < -0.4 is 0 Å². The lowest BCUT2D eigenvalue weighted by Crippen LogP contribution is -2.47. The van der Waals surface area contributed by atoms with Gasteiger partial charge in [-0.05, 0) is 56.0 Å². The highest BCUT2D eigenvalue weighted by Gasteiger charge is 2.39. The van der Waals surface area contributed by atoms with E-state index in [0.717, 1.165) is 31.4 Å². The number of piperidine rings is 1. The number of benzene rings is 1. The van der Waals surface area contributed by atoms with Crippen molar-refractivity contribution in [1.82, 2.24) is 25.2 Å². The Labute approximate surface area is 167 Å². The predicted octanol–water partition coefficient (Wildman–Crippen LogP) is 3.67. The van der Waals surface area contributed by atoms with Crippen LogP contribution in [0.1, 0.15) is 60.5 Å². The SMILES string of the molecule is CC1(c2noc(-c3ccc(F)cc3)n2)CCCN(C(=O)c2cc(C3CC3)[nH]n2)C1. The van der Waals surface area contributed by atoms with Crippen LogP contribution in [0.4, 0.5) is 4.39 Å². The Morgan fingerprint density at radius 3 is 2.86 bits per heavy atom. The van der Waals surface area contributed by atoms with Gasteiger partial charge in [0.1, 0.15) is 11.5 Å². The number of halogens is 1. The smallest absolute Gasteiger partial charge is 0.274 e. The first-order valence-corrected chi connectivity index (χ1v) is 9.96. The summed E-state index contributed by atoms with van der Waals surface area (Å²) in [6, 6.07) is 7.83. The first kappa shape index (κ1) is 18.0. The highest BCUT2D eigenvalue weighted by molar-refractivity contribution is 5.92. The first-order chi connectivity index (χ1) is 14.0. The van der Waals surface area contributed by atoms with Crippen LogP contribution in [0.5, 0.6) is 0 Å². The number of aromatic amines is 1. The molecule has 5 rings (SSSR count). The van der Waals surface area contributed by atoms with E-state index in [9.17, 15) is 9.18 Å². The molecule has 1 amide bonds. The molecule has 2 aliphatic rings. The van der Waals surface area contributed by atoms with Crippen molar-refractivity contribution in [1.29, 1.82) is 0 Å². The van der Waals surface area contributed by atoms with Gasteiger partial charge in [-0.2, -0.15) is 10.1 Å². The van der Waals surface area contributed by atoms with E-state index < -0.39 is 5.41 Å². The van der Waals surface area contributed by atoms with Gasteiger partial charge in [-0.25, -0.2) is 4.39 Å². The minimum atomic E-state index is -0.411. The van der Waals surface area contributed by atoms with E-state index in [1.54, 1.807) is 12.1 Å². The van der Waals surface area contributed by atoms with Crippen molar-refractivity contribution in [2.75, 3.05) is 13.1 Å². The van der Waals surface area contributed by atoms with Gasteiger partial charge in [-0.3, -0.25) is 9.89 Å². The second-order valence-electron chi connectivity index (χ2n) is 8.30. The summed E-state index contributed by atoms with van der Waals surface area (Å²) in [5, 5.41) is 11.4. The number of hydrogen-bond donors (Lipinski definition) is 1. The maximum Gasteiger partial charge on any atom is 0.274 e. The molecular weight excluding hydrogens is 373 g/mol. The van der Waals surface area contributed by atoms with Gasteiger partial charge in [0.2, 0.25) is 0 Å². The highest BCUT2D eigenvalue weighted by Crippen LogP contribution is 2.39. The van der Waals surface area contributed by atoms with E-state index in [4.69, 9.17) is 4.52 Å². The second-order valence-corrected chi connectivity index (χ2v) is 8.30. The molecule has 3 heterocycles. The van der Waals surface area contributed by atoms with Crippen molar-refractivity contribution < 1.29 is 13.7 Å². The number of rotatable bonds is 4. The minimum absolute atomic E-state index is 0.0682. The average Bonchev–Trinajstić information content (AvgIpc) is 3.25. The van der Waals surface area contributed by atoms with Crippen LogP contribution >= 0.6 is 0 Å². The number of likely N-dealkylation sites (tertiary alicyclic amines) is 1. The molecule has 1 aliphatic heterocycles. The predicted molar refractivity (Wildman–Crippen MR) is 103 cm³/mol. The summed E-state index contributed by atoms with van der Waals surface area (Å²) in [5.74, 6) is 1.06. The van der Waals surface area contributed by atoms with Gasteiger partial charge < -0.3 is 9.42 Å². The Morgan fingerprint density at radius 1 is 1.31 bits per heavy atom. The van der Waals surface area contributed by atoms with Crippen molar-refractivity contribution in [2.45, 2.75) is 43.9 Å². The third-order valence-corrected chi connectivity index (χ3v) is 5.87. The van der Waals surface area contributed by atoms with E-state index in [2.05, 4.69) is 20.3 Å². The third-order valence-electron chi connectivity index (χ3n) is 5.87. The quantitative estimate of drug-likeness (QED) is 0.728. The largest absolute Gasteiger partial charge is 0.336 e. The number of amides is 1. The number of nitrogens with one attached hydrogen (secondary N) is 1. The number of carbonyl (C=O) groups excluding carboxylic acids is 1. The Hall–Kier alpha value is -3.03. The molecule has 3 aromatic rings. The Balaban J connectivity index is 1.34. The van der Waals surface area contributed by atoms with Crippen LogP contribution in [-0.4, -0.2) is 44.2 Å². The summed E-state index contributed by atoms with van der Waals surface area (Å²) in [6.45, 7) is 3.23. The fourth-order valence-corrected chi connectivity index (χ4v) is 3.99. The van der Waals surface area contributed by atoms with E-state index in [0.29, 0.717) is 42.0 Å². The maximum atomic E-state index is 13.2. The van der Waals surface area contributed by atoms with Crippen molar-refractivity contribution in [3.63, 3.8) is 0 Å². The second kappa shape index (κ2) is 6.79. The van der Waals surface area contributed by atoms with Gasteiger partial charge in [-0.1, -0.05) is 12.1 Å². The van der Waals surface area contributed by atoms with Gasteiger partial charge in [0, 0.05) is 35.7 Å². The lowest BCUT2D eigenvalue weighted by Gasteiger charge is -2.38. The normalized spacial score (nSPS) is 22.1. The fraction of sp³-hybridized carbons (Fsp3) is 0.429. The molecule has 1 aromatic carbocycles. The zero-order valence-corrected chi connectivity index (χ0v) is 16.2. The monoisotopic (exact) mass is 395 g/mol. The van der Waals surface area contributed by atoms with Crippen LogP contribution in [0.15, 0.2) is 34.9 Å². The number of carbonyl (C=O) groups is 1. The topological polar surface area (TPSA) is 87.9 Å². The molecular formula is C21H22FN5O2. The summed E-state index contributed by atoms with van der Waals surface area (Å²) in [5.41, 5.74) is 1.78. The van der Waals surface area contributed by atoms with Crippen LogP contribution in [0.2, 0.25) is 0 Å². The molecule has 8 heteroatoms. The number of aromatic nitrogens is 4. The molecule has 1 unspecified atom stereocenters. The number of hydrogen-bond acceptors (Lipinski definition) is 5. The molecule has 1 aliphatic carbocycles. The van der Waals surface area contributed by atoms with Crippen LogP contribution in [0.3, 0.4) is 0 Å². The Kier molecular flexibility index (Phi) is 4.22. The summed E-state index contributed by atoms with van der Waals surface area (Å²) >= 11 is 0. The Morgan fingerprint density at radius 2 is 2.10 bits per heavy atom. The molecule has 2 aromatic heterocycles. The maximum absolute atomic E-state index is 13.2. The Bertz CT molecular complexity index is 1040. The molecule has 7 nitrogen and oxygen atoms in total. The number of H-pyrrole nitrogens is 1. The zero-order valence-electron chi connectivity index (χ0n) is 16.2. The lowest BCUT2D eigenvalue weighted by atomic mass is 9.81. The molecule has 0 spiro atoms. The molecule has 1 atom stereocenters. The molecule has 2 fully saturated rings. The lowest BCUT2D eigenvalue weighted by molar-refractivity contribution is 0.0636. The van der Waals surface area contributed by atoms with Gasteiger partial charge in [0.25, 0.3) is 11.8 Å². The van der Waals surface area contributed by atoms with Gasteiger partial charge in [0.05, 0.1) is 0 Å². The molecule has 29 heavy (non-hydrogen) atoms. The molecule has 0 bridgehead atoms. The van der Waals surface area contributed by atoms with Gasteiger partial charge >= 0.3 is 0 Å². The fourth-order valence-electron chi connectivity index (χ4n) is 3.99. The minimum Gasteiger partial charge on any atom is -0.336 e. The van der Waals surface area contributed by atoms with Crippen LogP contribution in [-0.2, 0) is 5.41 Å². The standard InChI is InChI=1S/C21H22FN5O2/c1-21(20-23-18(29-26-20)14-5-7-15(22)8-6-14)9-2-10-27(12-21)19(28)17-11-16(24-25-17)13-3-4-13/h5-8,11,13H,2-4,9-10,12H2,1H3,(H,24,25). The highest BCUT2D eigenvalue weighted by atomic mass is 19.1. The molecule has 0 radical (unpaired) electrons. The molecule has 150 valence electrons. The van der Waals surface area contributed by atoms with E-state index in [-0.39, 0.29) is 11.7 Å². The zero-order chi connectivity index (χ0) is 20.0. The average molecular weight is 395 g/mol. The van der Waals surface area contributed by atoms with E-state index in [1.165, 1.54) is 12.1 Å². The number of nitrogens with zero attached hydrogens (tertiary/aromatic N) is 4. The third kappa shape index (κ3) is 3.43. The first-order valence-electron chi connectivity index (χ1n) is 9.96. The molecule has 1 saturated carbocycles. The molecule has 1 N–H and O–H groups in total. The summed E-state index contributed by atoms with van der Waals surface area (Å²) in [4.78, 5) is 19.3. The van der Waals surface area contributed by atoms with Gasteiger partial charge in [-0.15, -0.1) is 0 Å². The van der Waals surface area contributed by atoms with Crippen molar-refractivity contribution in [3.8, 4) is 11.5 Å². The van der Waals surface area contributed by atoms with Crippen LogP contribution in [0.25, 0.3) is 11.5 Å². The van der Waals surface area contributed by atoms with Crippen molar-refractivity contribution in [3.05, 3.63) is 53.4 Å². The van der Waals surface area contributed by atoms with Crippen molar-refractivity contribution in [2.24, 2.45) is 0 Å². The summed E-state index contributed by atoms with van der Waals surface area (Å²) < 4.78 is 18.6. The summed E-state index contributed by atoms with van der Waals surface area (Å²) in [7, 11) is 0. The van der Waals surface area contributed by atoms with Crippen molar-refractivity contribution >= 4 is 5.91 Å². The van der Waals surface area contributed by atoms with E-state index >= 15 is 0 Å².